The highest BCUT2D eigenvalue weighted by atomic mass is 19.1. The minimum absolute atomic E-state index is 0.0435. The third kappa shape index (κ3) is 3.50. The molecule has 1 aromatic heterocycles. The molecule has 1 atom stereocenters. The fraction of sp³-hybridized carbons (Fsp3) is 0.273. The Morgan fingerprint density at radius 1 is 1.21 bits per heavy atom. The van der Waals surface area contributed by atoms with Crippen LogP contribution in [0.1, 0.15) is 19.8 Å². The maximum Gasteiger partial charge on any atom is 0.150 e. The van der Waals surface area contributed by atoms with Gasteiger partial charge in [-0.25, -0.2) is 9.37 Å². The SMILES string of the molecule is CCC1=NOC(Cn2cnc(-c3ccccc3)c2-c2ccc(F)cc2OC)C1. The number of aromatic nitrogens is 2. The summed E-state index contributed by atoms with van der Waals surface area (Å²) in [7, 11) is 1.54. The van der Waals surface area contributed by atoms with Crippen molar-refractivity contribution < 1.29 is 14.0 Å². The Bertz CT molecular complexity index is 998. The van der Waals surface area contributed by atoms with E-state index < -0.39 is 0 Å². The lowest BCUT2D eigenvalue weighted by Gasteiger charge is -2.16. The Labute approximate surface area is 163 Å². The number of ether oxygens (including phenoxy) is 1. The average molecular weight is 379 g/mol. The van der Waals surface area contributed by atoms with Gasteiger partial charge in [-0.3, -0.25) is 0 Å². The van der Waals surface area contributed by atoms with Crippen molar-refractivity contribution in [2.75, 3.05) is 7.11 Å². The van der Waals surface area contributed by atoms with E-state index in [4.69, 9.17) is 9.57 Å². The Morgan fingerprint density at radius 3 is 2.75 bits per heavy atom. The summed E-state index contributed by atoms with van der Waals surface area (Å²) in [4.78, 5) is 10.3. The molecule has 0 spiro atoms. The van der Waals surface area contributed by atoms with Gasteiger partial charge in [0.05, 0.1) is 37.1 Å². The number of rotatable bonds is 6. The normalized spacial score (nSPS) is 16.0. The van der Waals surface area contributed by atoms with Gasteiger partial charge in [0.15, 0.2) is 6.10 Å². The third-order valence-electron chi connectivity index (χ3n) is 4.91. The van der Waals surface area contributed by atoms with E-state index in [2.05, 4.69) is 17.1 Å². The second kappa shape index (κ2) is 7.84. The highest BCUT2D eigenvalue weighted by Gasteiger charge is 2.24. The fourth-order valence-electron chi connectivity index (χ4n) is 3.48. The van der Waals surface area contributed by atoms with Gasteiger partial charge in [0.2, 0.25) is 0 Å². The molecule has 28 heavy (non-hydrogen) atoms. The molecule has 144 valence electrons. The maximum atomic E-state index is 13.8. The van der Waals surface area contributed by atoms with Crippen LogP contribution in [-0.4, -0.2) is 28.5 Å². The minimum atomic E-state index is -0.340. The van der Waals surface area contributed by atoms with Gasteiger partial charge >= 0.3 is 0 Å². The van der Waals surface area contributed by atoms with Crippen molar-refractivity contribution in [2.45, 2.75) is 32.4 Å². The van der Waals surface area contributed by atoms with Crippen molar-refractivity contribution >= 4 is 5.71 Å². The molecule has 1 aliphatic heterocycles. The molecule has 0 aliphatic carbocycles. The van der Waals surface area contributed by atoms with Gasteiger partial charge in [-0.2, -0.15) is 0 Å². The first kappa shape index (κ1) is 18.2. The standard InChI is InChI=1S/C22H22FN3O2/c1-3-17-12-18(28-25-17)13-26-14-24-21(15-7-5-4-6-8-15)22(26)19-10-9-16(23)11-20(19)27-2/h4-11,14,18H,3,12-13H2,1-2H3. The molecule has 2 aromatic carbocycles. The van der Waals surface area contributed by atoms with Crippen molar-refractivity contribution in [3.8, 4) is 28.3 Å². The molecule has 0 saturated carbocycles. The summed E-state index contributed by atoms with van der Waals surface area (Å²) in [5.41, 5.74) is 4.53. The molecule has 5 nitrogen and oxygen atoms in total. The van der Waals surface area contributed by atoms with Crippen LogP contribution < -0.4 is 4.74 Å². The van der Waals surface area contributed by atoms with Crippen molar-refractivity contribution in [1.82, 2.24) is 9.55 Å². The van der Waals surface area contributed by atoms with E-state index in [1.807, 2.05) is 34.9 Å². The van der Waals surface area contributed by atoms with Crippen molar-refractivity contribution in [3.05, 3.63) is 60.7 Å². The molecular weight excluding hydrogens is 357 g/mol. The quantitative estimate of drug-likeness (QED) is 0.611. The Morgan fingerprint density at radius 2 is 2.04 bits per heavy atom. The topological polar surface area (TPSA) is 48.6 Å². The van der Waals surface area contributed by atoms with Crippen LogP contribution in [0.5, 0.6) is 5.75 Å². The monoisotopic (exact) mass is 379 g/mol. The van der Waals surface area contributed by atoms with Gasteiger partial charge in [-0.05, 0) is 18.6 Å². The summed E-state index contributed by atoms with van der Waals surface area (Å²) in [6, 6.07) is 14.5. The van der Waals surface area contributed by atoms with Crippen LogP contribution in [0, 0.1) is 5.82 Å². The fourth-order valence-corrected chi connectivity index (χ4v) is 3.48. The molecule has 2 heterocycles. The predicted molar refractivity (Wildman–Crippen MR) is 107 cm³/mol. The Kier molecular flexibility index (Phi) is 5.10. The van der Waals surface area contributed by atoms with E-state index in [-0.39, 0.29) is 11.9 Å². The summed E-state index contributed by atoms with van der Waals surface area (Å²) in [5.74, 6) is 0.129. The first-order valence-corrected chi connectivity index (χ1v) is 9.35. The van der Waals surface area contributed by atoms with Crippen molar-refractivity contribution in [1.29, 1.82) is 0 Å². The summed E-state index contributed by atoms with van der Waals surface area (Å²) in [6.07, 6.45) is 3.44. The molecule has 0 amide bonds. The molecule has 1 aliphatic rings. The lowest BCUT2D eigenvalue weighted by atomic mass is 10.0. The zero-order valence-electron chi connectivity index (χ0n) is 15.9. The maximum absolute atomic E-state index is 13.8. The van der Waals surface area contributed by atoms with Gasteiger partial charge < -0.3 is 14.1 Å². The number of halogens is 1. The molecule has 0 fully saturated rings. The predicted octanol–water partition coefficient (Wildman–Crippen LogP) is 4.92. The zero-order valence-corrected chi connectivity index (χ0v) is 15.9. The third-order valence-corrected chi connectivity index (χ3v) is 4.91. The van der Waals surface area contributed by atoms with Gasteiger partial charge in [-0.1, -0.05) is 42.4 Å². The second-order valence-corrected chi connectivity index (χ2v) is 6.75. The summed E-state index contributed by atoms with van der Waals surface area (Å²) < 4.78 is 21.3. The van der Waals surface area contributed by atoms with Crippen LogP contribution >= 0.6 is 0 Å². The number of hydrogen-bond acceptors (Lipinski definition) is 4. The Hall–Kier alpha value is -3.15. The van der Waals surface area contributed by atoms with E-state index in [0.717, 1.165) is 41.1 Å². The number of imidazole rings is 1. The van der Waals surface area contributed by atoms with Gasteiger partial charge in [-0.15, -0.1) is 0 Å². The summed E-state index contributed by atoms with van der Waals surface area (Å²) in [6.45, 7) is 2.67. The molecule has 0 radical (unpaired) electrons. The van der Waals surface area contributed by atoms with Gasteiger partial charge in [0, 0.05) is 23.6 Å². The van der Waals surface area contributed by atoms with Gasteiger partial charge in [0.25, 0.3) is 0 Å². The molecule has 1 unspecified atom stereocenters. The average Bonchev–Trinajstić information content (AvgIpc) is 3.36. The van der Waals surface area contributed by atoms with Crippen LogP contribution in [0.4, 0.5) is 4.39 Å². The molecule has 3 aromatic rings. The smallest absolute Gasteiger partial charge is 0.150 e. The molecule has 0 saturated heterocycles. The van der Waals surface area contributed by atoms with E-state index in [1.165, 1.54) is 12.1 Å². The van der Waals surface area contributed by atoms with E-state index in [9.17, 15) is 4.39 Å². The number of oxime groups is 1. The lowest BCUT2D eigenvalue weighted by molar-refractivity contribution is 0.0728. The summed E-state index contributed by atoms with van der Waals surface area (Å²) >= 11 is 0. The highest BCUT2D eigenvalue weighted by Crippen LogP contribution is 2.37. The van der Waals surface area contributed by atoms with Crippen LogP contribution in [-0.2, 0) is 11.4 Å². The first-order valence-electron chi connectivity index (χ1n) is 9.35. The molecule has 0 bridgehead atoms. The van der Waals surface area contributed by atoms with Crippen molar-refractivity contribution in [3.63, 3.8) is 0 Å². The van der Waals surface area contributed by atoms with Crippen LogP contribution in [0.25, 0.3) is 22.5 Å². The van der Waals surface area contributed by atoms with E-state index >= 15 is 0 Å². The van der Waals surface area contributed by atoms with E-state index in [0.29, 0.717) is 12.3 Å². The molecule has 0 N–H and O–H groups in total. The number of nitrogens with zero attached hydrogens (tertiary/aromatic N) is 3. The second-order valence-electron chi connectivity index (χ2n) is 6.75. The molecule has 6 heteroatoms. The summed E-state index contributed by atoms with van der Waals surface area (Å²) in [5, 5.41) is 4.15. The number of hydrogen-bond donors (Lipinski definition) is 0. The lowest BCUT2D eigenvalue weighted by Crippen LogP contribution is -2.17. The minimum Gasteiger partial charge on any atom is -0.496 e. The van der Waals surface area contributed by atoms with Crippen LogP contribution in [0.15, 0.2) is 60.0 Å². The van der Waals surface area contributed by atoms with Crippen LogP contribution in [0.3, 0.4) is 0 Å². The molecule has 4 rings (SSSR count). The zero-order chi connectivity index (χ0) is 19.5. The van der Waals surface area contributed by atoms with Crippen molar-refractivity contribution in [2.24, 2.45) is 5.16 Å². The molecular formula is C22H22FN3O2. The number of benzene rings is 2. The largest absolute Gasteiger partial charge is 0.496 e. The van der Waals surface area contributed by atoms with Gasteiger partial charge in [0.1, 0.15) is 11.6 Å². The Balaban J connectivity index is 1.79. The first-order chi connectivity index (χ1) is 13.7. The van der Waals surface area contributed by atoms with E-state index in [1.54, 1.807) is 19.5 Å². The number of methoxy groups -OCH3 is 1. The highest BCUT2D eigenvalue weighted by molar-refractivity contribution is 5.85. The van der Waals surface area contributed by atoms with Crippen LogP contribution in [0.2, 0.25) is 0 Å².